The summed E-state index contributed by atoms with van der Waals surface area (Å²) in [6.45, 7) is 6.95. The molecule has 1 aromatic carbocycles. The maximum Gasteiger partial charge on any atom is 0.272 e. The number of nitrogens with zero attached hydrogens (tertiary/aromatic N) is 6. The number of carbonyl (C=O) groups is 1. The van der Waals surface area contributed by atoms with Gasteiger partial charge < -0.3 is 14.7 Å². The van der Waals surface area contributed by atoms with Crippen molar-refractivity contribution in [2.24, 2.45) is 0 Å². The highest BCUT2D eigenvalue weighted by Gasteiger charge is 2.33. The van der Waals surface area contributed by atoms with Crippen molar-refractivity contribution in [1.82, 2.24) is 24.1 Å². The van der Waals surface area contributed by atoms with Crippen molar-refractivity contribution < 1.29 is 13.2 Å². The molecule has 0 spiro atoms. The van der Waals surface area contributed by atoms with Gasteiger partial charge in [-0.1, -0.05) is 23.7 Å². The number of anilines is 1. The summed E-state index contributed by atoms with van der Waals surface area (Å²) in [6.07, 6.45) is 8.42. The normalized spacial score (nSPS) is 20.8. The zero-order chi connectivity index (χ0) is 28.4. The van der Waals surface area contributed by atoms with E-state index in [1.54, 1.807) is 7.05 Å². The standard InChI is InChI=1S/C29H41ClN6O3S/c1-21-27(31-20-32-28(21)35-14-8-23(9-15-35)22-4-6-24(30)7-5-22)29(37)36-18-12-26(13-19-36)34-16-10-25(11-17-34)33(2)40(3,38)39/h4-7,20,23,25-26H,8-19H2,1-3H3. The minimum absolute atomic E-state index is 0.0101. The van der Waals surface area contributed by atoms with Crippen molar-refractivity contribution in [3.63, 3.8) is 0 Å². The van der Waals surface area contributed by atoms with Crippen LogP contribution >= 0.6 is 11.6 Å². The SMILES string of the molecule is Cc1c(C(=O)N2CCC(N3CCC(N(C)S(C)(=O)=O)CC3)CC2)ncnc1N1CCC(c2ccc(Cl)cc2)CC1. The van der Waals surface area contributed by atoms with E-state index >= 15 is 0 Å². The lowest BCUT2D eigenvalue weighted by atomic mass is 9.89. The topological polar surface area (TPSA) is 90.0 Å². The summed E-state index contributed by atoms with van der Waals surface area (Å²) < 4.78 is 25.3. The molecule has 5 rings (SSSR count). The molecule has 4 heterocycles. The second kappa shape index (κ2) is 12.3. The minimum Gasteiger partial charge on any atom is -0.356 e. The Morgan fingerprint density at radius 3 is 2.15 bits per heavy atom. The smallest absolute Gasteiger partial charge is 0.272 e. The Labute approximate surface area is 243 Å². The van der Waals surface area contributed by atoms with Crippen LogP contribution in [0.2, 0.25) is 5.02 Å². The molecule has 1 aromatic heterocycles. The van der Waals surface area contributed by atoms with Gasteiger partial charge >= 0.3 is 0 Å². The monoisotopic (exact) mass is 588 g/mol. The summed E-state index contributed by atoms with van der Waals surface area (Å²) in [6, 6.07) is 8.67. The van der Waals surface area contributed by atoms with Gasteiger partial charge in [0.25, 0.3) is 5.91 Å². The van der Waals surface area contributed by atoms with Crippen LogP contribution in [0.5, 0.6) is 0 Å². The first kappa shape index (κ1) is 29.2. The number of halogens is 1. The predicted octanol–water partition coefficient (Wildman–Crippen LogP) is 3.78. The van der Waals surface area contributed by atoms with Gasteiger partial charge in [-0.2, -0.15) is 0 Å². The zero-order valence-corrected chi connectivity index (χ0v) is 25.4. The summed E-state index contributed by atoms with van der Waals surface area (Å²) in [5.41, 5.74) is 2.69. The number of sulfonamides is 1. The number of rotatable bonds is 6. The minimum atomic E-state index is -3.16. The van der Waals surface area contributed by atoms with E-state index in [0.29, 0.717) is 30.7 Å². The average Bonchev–Trinajstić information content (AvgIpc) is 2.97. The lowest BCUT2D eigenvalue weighted by Gasteiger charge is -2.43. The number of likely N-dealkylation sites (tertiary alicyclic amines) is 2. The van der Waals surface area contributed by atoms with E-state index in [0.717, 1.165) is 81.1 Å². The predicted molar refractivity (Wildman–Crippen MR) is 159 cm³/mol. The van der Waals surface area contributed by atoms with Crippen LogP contribution in [0.25, 0.3) is 0 Å². The third-order valence-corrected chi connectivity index (χ3v) is 10.8. The lowest BCUT2D eigenvalue weighted by Crippen LogP contribution is -2.52. The van der Waals surface area contributed by atoms with Crippen LogP contribution in [-0.2, 0) is 10.0 Å². The third-order valence-electron chi connectivity index (χ3n) is 9.20. The first-order valence-electron chi connectivity index (χ1n) is 14.4. The van der Waals surface area contributed by atoms with Gasteiger partial charge in [0.2, 0.25) is 10.0 Å². The number of benzene rings is 1. The van der Waals surface area contributed by atoms with Gasteiger partial charge in [0.05, 0.1) is 6.26 Å². The van der Waals surface area contributed by atoms with Crippen LogP contribution < -0.4 is 4.90 Å². The van der Waals surface area contributed by atoms with E-state index in [-0.39, 0.29) is 11.9 Å². The van der Waals surface area contributed by atoms with Gasteiger partial charge in [0.15, 0.2) is 0 Å². The van der Waals surface area contributed by atoms with Gasteiger partial charge in [-0.15, -0.1) is 0 Å². The number of carbonyl (C=O) groups excluding carboxylic acids is 1. The largest absolute Gasteiger partial charge is 0.356 e. The molecule has 0 radical (unpaired) electrons. The number of amides is 1. The Balaban J connectivity index is 1.14. The fourth-order valence-corrected chi connectivity index (χ4v) is 7.48. The molecule has 1 amide bonds. The van der Waals surface area contributed by atoms with Crippen LogP contribution in [0, 0.1) is 6.92 Å². The molecule has 2 aromatic rings. The summed E-state index contributed by atoms with van der Waals surface area (Å²) >= 11 is 6.06. The number of hydrogen-bond acceptors (Lipinski definition) is 7. The highest BCUT2D eigenvalue weighted by Crippen LogP contribution is 2.32. The molecule has 0 saturated carbocycles. The van der Waals surface area contributed by atoms with E-state index in [1.807, 2.05) is 24.0 Å². The van der Waals surface area contributed by atoms with Gasteiger partial charge in [-0.05, 0) is 82.2 Å². The maximum absolute atomic E-state index is 13.5. The van der Waals surface area contributed by atoms with Crippen LogP contribution in [0.1, 0.15) is 66.1 Å². The van der Waals surface area contributed by atoms with E-state index in [9.17, 15) is 13.2 Å². The molecule has 40 heavy (non-hydrogen) atoms. The molecule has 0 N–H and O–H groups in total. The number of aromatic nitrogens is 2. The third kappa shape index (κ3) is 6.45. The Kier molecular flexibility index (Phi) is 8.99. The van der Waals surface area contributed by atoms with Crippen molar-refractivity contribution in [2.75, 3.05) is 57.5 Å². The second-order valence-corrected chi connectivity index (χ2v) is 14.0. The second-order valence-electron chi connectivity index (χ2n) is 11.6. The average molecular weight is 589 g/mol. The van der Waals surface area contributed by atoms with Crippen LogP contribution in [0.3, 0.4) is 0 Å². The highest BCUT2D eigenvalue weighted by molar-refractivity contribution is 7.88. The van der Waals surface area contributed by atoms with Crippen molar-refractivity contribution in [2.45, 2.75) is 63.5 Å². The van der Waals surface area contributed by atoms with E-state index in [2.05, 4.69) is 31.9 Å². The first-order chi connectivity index (χ1) is 19.1. The molecule has 0 bridgehead atoms. The Morgan fingerprint density at radius 2 is 1.55 bits per heavy atom. The molecular formula is C29H41ClN6O3S. The molecule has 0 atom stereocenters. The van der Waals surface area contributed by atoms with E-state index < -0.39 is 10.0 Å². The van der Waals surface area contributed by atoms with Crippen LogP contribution in [-0.4, -0.2) is 103 Å². The summed E-state index contributed by atoms with van der Waals surface area (Å²) in [4.78, 5) is 29.3. The molecule has 9 nitrogen and oxygen atoms in total. The molecule has 3 aliphatic rings. The fourth-order valence-electron chi connectivity index (χ4n) is 6.60. The molecule has 0 aliphatic carbocycles. The fraction of sp³-hybridized carbons (Fsp3) is 0.621. The van der Waals surface area contributed by atoms with Crippen LogP contribution in [0.15, 0.2) is 30.6 Å². The molecule has 11 heteroatoms. The van der Waals surface area contributed by atoms with Gasteiger partial charge in [-0.25, -0.2) is 22.7 Å². The lowest BCUT2D eigenvalue weighted by molar-refractivity contribution is 0.0542. The molecule has 218 valence electrons. The van der Waals surface area contributed by atoms with Crippen molar-refractivity contribution in [3.8, 4) is 0 Å². The van der Waals surface area contributed by atoms with E-state index in [1.165, 1.54) is 22.5 Å². The van der Waals surface area contributed by atoms with Crippen molar-refractivity contribution in [3.05, 3.63) is 52.4 Å². The maximum atomic E-state index is 13.5. The number of hydrogen-bond donors (Lipinski definition) is 0. The molecular weight excluding hydrogens is 548 g/mol. The highest BCUT2D eigenvalue weighted by atomic mass is 35.5. The molecule has 3 fully saturated rings. The Morgan fingerprint density at radius 1 is 0.925 bits per heavy atom. The molecule has 3 aliphatic heterocycles. The Hall–Kier alpha value is -2.27. The summed E-state index contributed by atoms with van der Waals surface area (Å²) in [5, 5.41) is 0.763. The summed E-state index contributed by atoms with van der Waals surface area (Å²) in [7, 11) is -1.48. The quantitative estimate of drug-likeness (QED) is 0.507. The van der Waals surface area contributed by atoms with Gasteiger partial charge in [-0.3, -0.25) is 4.79 Å². The zero-order valence-electron chi connectivity index (χ0n) is 23.8. The van der Waals surface area contributed by atoms with Crippen LogP contribution in [0.4, 0.5) is 5.82 Å². The number of piperidine rings is 3. The summed E-state index contributed by atoms with van der Waals surface area (Å²) in [5.74, 6) is 1.36. The molecule has 3 saturated heterocycles. The van der Waals surface area contributed by atoms with E-state index in [4.69, 9.17) is 11.6 Å². The van der Waals surface area contributed by atoms with Crippen molar-refractivity contribution in [1.29, 1.82) is 0 Å². The van der Waals surface area contributed by atoms with Gasteiger partial charge in [0, 0.05) is 55.9 Å². The Bertz CT molecular complexity index is 1280. The van der Waals surface area contributed by atoms with Gasteiger partial charge in [0.1, 0.15) is 17.8 Å². The molecule has 0 unspecified atom stereocenters. The first-order valence-corrected chi connectivity index (χ1v) is 16.6. The van der Waals surface area contributed by atoms with Crippen molar-refractivity contribution >= 4 is 33.3 Å².